The Balaban J connectivity index is 1.67. The van der Waals surface area contributed by atoms with Crippen LogP contribution in [0.4, 0.5) is 13.2 Å². The van der Waals surface area contributed by atoms with E-state index in [4.69, 9.17) is 9.47 Å². The highest BCUT2D eigenvalue weighted by atomic mass is 19.4. The maximum absolute atomic E-state index is 12.8. The van der Waals surface area contributed by atoms with Crippen molar-refractivity contribution in [2.75, 3.05) is 19.8 Å². The number of benzene rings is 3. The smallest absolute Gasteiger partial charge is 0.416 e. The number of amides is 1. The second kappa shape index (κ2) is 8.86. The molecular weight excluding hydrogens is 383 g/mol. The standard InChI is InChI=1S/C22H20F3NO3/c1-2-28-19-11-10-15-6-3-4-9-18(15)20(19)21(27)26-12-13-29-17-8-5-7-16(14-17)22(23,24)25/h3-11,14H,2,12-13H2,1H3,(H,26,27). The highest BCUT2D eigenvalue weighted by Gasteiger charge is 2.30. The summed E-state index contributed by atoms with van der Waals surface area (Å²) < 4.78 is 49.2. The summed E-state index contributed by atoms with van der Waals surface area (Å²) in [5.41, 5.74) is -0.361. The van der Waals surface area contributed by atoms with Crippen molar-refractivity contribution in [2.24, 2.45) is 0 Å². The van der Waals surface area contributed by atoms with Gasteiger partial charge in [-0.25, -0.2) is 0 Å². The van der Waals surface area contributed by atoms with E-state index in [1.54, 1.807) is 6.07 Å². The molecule has 0 aliphatic carbocycles. The molecule has 1 amide bonds. The van der Waals surface area contributed by atoms with E-state index in [-0.39, 0.29) is 24.8 Å². The van der Waals surface area contributed by atoms with Crippen LogP contribution in [0.15, 0.2) is 60.7 Å². The van der Waals surface area contributed by atoms with Gasteiger partial charge in [0.1, 0.15) is 18.1 Å². The van der Waals surface area contributed by atoms with E-state index in [1.165, 1.54) is 12.1 Å². The quantitative estimate of drug-likeness (QED) is 0.561. The van der Waals surface area contributed by atoms with Crippen LogP contribution in [0.25, 0.3) is 10.8 Å². The van der Waals surface area contributed by atoms with E-state index >= 15 is 0 Å². The third-order valence-corrected chi connectivity index (χ3v) is 4.24. The fourth-order valence-electron chi connectivity index (χ4n) is 2.95. The van der Waals surface area contributed by atoms with E-state index in [2.05, 4.69) is 5.32 Å². The van der Waals surface area contributed by atoms with Crippen molar-refractivity contribution in [3.63, 3.8) is 0 Å². The van der Waals surface area contributed by atoms with E-state index in [0.29, 0.717) is 17.9 Å². The Bertz CT molecular complexity index is 1000. The number of nitrogens with one attached hydrogen (secondary N) is 1. The molecule has 0 spiro atoms. The largest absolute Gasteiger partial charge is 0.493 e. The topological polar surface area (TPSA) is 47.6 Å². The Kier molecular flexibility index (Phi) is 6.26. The summed E-state index contributed by atoms with van der Waals surface area (Å²) in [6.45, 7) is 2.41. The fraction of sp³-hybridized carbons (Fsp3) is 0.227. The molecule has 0 heterocycles. The number of alkyl halides is 3. The first kappa shape index (κ1) is 20.5. The van der Waals surface area contributed by atoms with Crippen LogP contribution < -0.4 is 14.8 Å². The average Bonchev–Trinajstić information content (AvgIpc) is 2.70. The molecule has 3 rings (SSSR count). The van der Waals surface area contributed by atoms with Crippen molar-refractivity contribution in [1.82, 2.24) is 5.32 Å². The lowest BCUT2D eigenvalue weighted by Crippen LogP contribution is -2.28. The Labute approximate surface area is 166 Å². The first-order valence-corrected chi connectivity index (χ1v) is 9.13. The van der Waals surface area contributed by atoms with Gasteiger partial charge in [-0.2, -0.15) is 13.2 Å². The van der Waals surface area contributed by atoms with E-state index in [9.17, 15) is 18.0 Å². The molecule has 0 fully saturated rings. The van der Waals surface area contributed by atoms with Crippen LogP contribution in [0, 0.1) is 0 Å². The molecule has 0 saturated heterocycles. The van der Waals surface area contributed by atoms with E-state index in [1.807, 2.05) is 37.3 Å². The fourth-order valence-corrected chi connectivity index (χ4v) is 2.95. The number of rotatable bonds is 7. The van der Waals surface area contributed by atoms with Crippen molar-refractivity contribution in [1.29, 1.82) is 0 Å². The molecule has 0 radical (unpaired) electrons. The number of hydrogen-bond acceptors (Lipinski definition) is 3. The molecule has 4 nitrogen and oxygen atoms in total. The van der Waals surface area contributed by atoms with Gasteiger partial charge in [0.2, 0.25) is 0 Å². The number of carbonyl (C=O) groups is 1. The molecule has 3 aromatic rings. The molecule has 0 aliphatic rings. The van der Waals surface area contributed by atoms with Crippen LogP contribution >= 0.6 is 0 Å². The van der Waals surface area contributed by atoms with Crippen molar-refractivity contribution in [3.05, 3.63) is 71.8 Å². The first-order valence-electron chi connectivity index (χ1n) is 9.13. The predicted octanol–water partition coefficient (Wildman–Crippen LogP) is 5.07. The monoisotopic (exact) mass is 403 g/mol. The van der Waals surface area contributed by atoms with Crippen molar-refractivity contribution < 1.29 is 27.4 Å². The SMILES string of the molecule is CCOc1ccc2ccccc2c1C(=O)NCCOc1cccc(C(F)(F)F)c1. The molecule has 3 aromatic carbocycles. The summed E-state index contributed by atoms with van der Waals surface area (Å²) in [5, 5.41) is 4.40. The van der Waals surface area contributed by atoms with Gasteiger partial charge in [0.25, 0.3) is 5.91 Å². The minimum atomic E-state index is -4.43. The van der Waals surface area contributed by atoms with Gasteiger partial charge in [-0.15, -0.1) is 0 Å². The Morgan fingerprint density at radius 2 is 1.79 bits per heavy atom. The third kappa shape index (κ3) is 4.99. The highest BCUT2D eigenvalue weighted by Crippen LogP contribution is 2.31. The van der Waals surface area contributed by atoms with Crippen LogP contribution in [0.3, 0.4) is 0 Å². The second-order valence-corrected chi connectivity index (χ2v) is 6.22. The zero-order chi connectivity index (χ0) is 20.9. The van der Waals surface area contributed by atoms with Gasteiger partial charge in [-0.05, 0) is 42.0 Å². The van der Waals surface area contributed by atoms with Gasteiger partial charge in [0.05, 0.1) is 24.3 Å². The lowest BCUT2D eigenvalue weighted by Gasteiger charge is -2.14. The summed E-state index contributed by atoms with van der Waals surface area (Å²) in [5.74, 6) is 0.231. The van der Waals surface area contributed by atoms with Crippen LogP contribution in [-0.2, 0) is 6.18 Å². The number of hydrogen-bond donors (Lipinski definition) is 1. The minimum absolute atomic E-state index is 0.0295. The molecule has 1 N–H and O–H groups in total. The van der Waals surface area contributed by atoms with Gasteiger partial charge in [0.15, 0.2) is 0 Å². The number of fused-ring (bicyclic) bond motifs is 1. The molecule has 0 saturated carbocycles. The van der Waals surface area contributed by atoms with Crippen molar-refractivity contribution in [2.45, 2.75) is 13.1 Å². The number of halogens is 3. The Morgan fingerprint density at radius 3 is 2.55 bits per heavy atom. The number of ether oxygens (including phenoxy) is 2. The van der Waals surface area contributed by atoms with Gasteiger partial charge in [0, 0.05) is 0 Å². The molecule has 152 valence electrons. The van der Waals surface area contributed by atoms with E-state index in [0.717, 1.165) is 22.9 Å². The predicted molar refractivity (Wildman–Crippen MR) is 104 cm³/mol. The maximum Gasteiger partial charge on any atom is 0.416 e. The van der Waals surface area contributed by atoms with Crippen LogP contribution in [0.1, 0.15) is 22.8 Å². The molecule has 29 heavy (non-hydrogen) atoms. The lowest BCUT2D eigenvalue weighted by atomic mass is 10.0. The third-order valence-electron chi connectivity index (χ3n) is 4.24. The van der Waals surface area contributed by atoms with E-state index < -0.39 is 11.7 Å². The van der Waals surface area contributed by atoms with Crippen LogP contribution in [0.2, 0.25) is 0 Å². The molecule has 0 aliphatic heterocycles. The molecular formula is C22H20F3NO3. The van der Waals surface area contributed by atoms with Gasteiger partial charge < -0.3 is 14.8 Å². The summed E-state index contributed by atoms with van der Waals surface area (Å²) in [6.07, 6.45) is -4.43. The molecule has 0 bridgehead atoms. The Morgan fingerprint density at radius 1 is 1.00 bits per heavy atom. The van der Waals surface area contributed by atoms with Gasteiger partial charge in [-0.3, -0.25) is 4.79 Å². The summed E-state index contributed by atoms with van der Waals surface area (Å²) in [4.78, 5) is 12.8. The molecule has 0 aromatic heterocycles. The highest BCUT2D eigenvalue weighted by molar-refractivity contribution is 6.09. The number of carbonyl (C=O) groups excluding carboxylic acids is 1. The minimum Gasteiger partial charge on any atom is -0.493 e. The van der Waals surface area contributed by atoms with Crippen molar-refractivity contribution >= 4 is 16.7 Å². The Hall–Kier alpha value is -3.22. The van der Waals surface area contributed by atoms with Crippen LogP contribution in [-0.4, -0.2) is 25.7 Å². The zero-order valence-electron chi connectivity index (χ0n) is 15.8. The molecule has 7 heteroatoms. The molecule has 0 unspecified atom stereocenters. The summed E-state index contributed by atoms with van der Waals surface area (Å²) in [6, 6.07) is 15.7. The average molecular weight is 403 g/mol. The van der Waals surface area contributed by atoms with Gasteiger partial charge >= 0.3 is 6.18 Å². The van der Waals surface area contributed by atoms with Crippen LogP contribution in [0.5, 0.6) is 11.5 Å². The first-order chi connectivity index (χ1) is 13.9. The van der Waals surface area contributed by atoms with Gasteiger partial charge in [-0.1, -0.05) is 36.4 Å². The summed E-state index contributed by atoms with van der Waals surface area (Å²) in [7, 11) is 0. The van der Waals surface area contributed by atoms with Crippen molar-refractivity contribution in [3.8, 4) is 11.5 Å². The lowest BCUT2D eigenvalue weighted by molar-refractivity contribution is -0.137. The second-order valence-electron chi connectivity index (χ2n) is 6.22. The maximum atomic E-state index is 12.8. The molecule has 0 atom stereocenters. The normalized spacial score (nSPS) is 11.3. The summed E-state index contributed by atoms with van der Waals surface area (Å²) >= 11 is 0. The zero-order valence-corrected chi connectivity index (χ0v) is 15.8.